The van der Waals surface area contributed by atoms with Crippen LogP contribution in [0.25, 0.3) is 0 Å². The molecule has 1 saturated heterocycles. The standard InChI is InChI=1S/C9H18N2/c1-8(4-5-10)7-9-3-2-6-11-9/h9,11H,1-7,10H2. The molecule has 1 aliphatic heterocycles. The Morgan fingerprint density at radius 2 is 2.45 bits per heavy atom. The second kappa shape index (κ2) is 4.52. The molecule has 0 aliphatic carbocycles. The molecule has 1 aliphatic rings. The van der Waals surface area contributed by atoms with Gasteiger partial charge in [-0.25, -0.2) is 0 Å². The van der Waals surface area contributed by atoms with Crippen molar-refractivity contribution >= 4 is 0 Å². The molecule has 1 fully saturated rings. The normalized spacial score (nSPS) is 23.9. The van der Waals surface area contributed by atoms with Crippen molar-refractivity contribution in [3.8, 4) is 0 Å². The van der Waals surface area contributed by atoms with Gasteiger partial charge in [0.25, 0.3) is 0 Å². The third-order valence-corrected chi connectivity index (χ3v) is 2.20. The Hall–Kier alpha value is -0.340. The molecule has 1 rings (SSSR count). The molecule has 0 aromatic rings. The topological polar surface area (TPSA) is 38.0 Å². The Bertz CT molecular complexity index is 126. The molecule has 2 nitrogen and oxygen atoms in total. The van der Waals surface area contributed by atoms with Gasteiger partial charge in [0.05, 0.1) is 0 Å². The third-order valence-electron chi connectivity index (χ3n) is 2.20. The maximum atomic E-state index is 5.42. The zero-order chi connectivity index (χ0) is 8.10. The first-order valence-electron chi connectivity index (χ1n) is 4.43. The Morgan fingerprint density at radius 1 is 1.64 bits per heavy atom. The maximum Gasteiger partial charge on any atom is 0.0105 e. The van der Waals surface area contributed by atoms with E-state index in [4.69, 9.17) is 5.73 Å². The molecular formula is C9H18N2. The van der Waals surface area contributed by atoms with Gasteiger partial charge in [0.2, 0.25) is 0 Å². The van der Waals surface area contributed by atoms with E-state index in [-0.39, 0.29) is 0 Å². The Labute approximate surface area is 68.9 Å². The van der Waals surface area contributed by atoms with Gasteiger partial charge in [-0.1, -0.05) is 12.2 Å². The van der Waals surface area contributed by atoms with Gasteiger partial charge in [-0.05, 0) is 38.8 Å². The predicted octanol–water partition coefficient (Wildman–Crippen LogP) is 1.03. The lowest BCUT2D eigenvalue weighted by atomic mass is 10.0. The summed E-state index contributed by atoms with van der Waals surface area (Å²) in [7, 11) is 0. The van der Waals surface area contributed by atoms with Gasteiger partial charge >= 0.3 is 0 Å². The predicted molar refractivity (Wildman–Crippen MR) is 48.5 cm³/mol. The number of rotatable bonds is 4. The second-order valence-electron chi connectivity index (χ2n) is 3.29. The van der Waals surface area contributed by atoms with Crippen molar-refractivity contribution in [3.05, 3.63) is 12.2 Å². The Balaban J connectivity index is 2.13. The van der Waals surface area contributed by atoms with Crippen LogP contribution in [0.5, 0.6) is 0 Å². The summed E-state index contributed by atoms with van der Waals surface area (Å²) < 4.78 is 0. The zero-order valence-corrected chi connectivity index (χ0v) is 7.10. The van der Waals surface area contributed by atoms with E-state index in [2.05, 4.69) is 11.9 Å². The lowest BCUT2D eigenvalue weighted by molar-refractivity contribution is 0.590. The highest BCUT2D eigenvalue weighted by Gasteiger charge is 2.13. The summed E-state index contributed by atoms with van der Waals surface area (Å²) in [5.41, 5.74) is 6.72. The molecule has 3 N–H and O–H groups in total. The summed E-state index contributed by atoms with van der Waals surface area (Å²) >= 11 is 0. The first kappa shape index (κ1) is 8.75. The minimum atomic E-state index is 0.689. The van der Waals surface area contributed by atoms with E-state index in [1.54, 1.807) is 0 Å². The first-order valence-corrected chi connectivity index (χ1v) is 4.43. The van der Waals surface area contributed by atoms with E-state index in [0.717, 1.165) is 19.4 Å². The highest BCUT2D eigenvalue weighted by Crippen LogP contribution is 2.14. The average Bonchev–Trinajstić information content (AvgIpc) is 2.40. The van der Waals surface area contributed by atoms with E-state index >= 15 is 0 Å². The van der Waals surface area contributed by atoms with Gasteiger partial charge in [-0.15, -0.1) is 0 Å². The van der Waals surface area contributed by atoms with E-state index in [0.29, 0.717) is 6.04 Å². The molecule has 0 aromatic carbocycles. The van der Waals surface area contributed by atoms with Crippen molar-refractivity contribution in [1.29, 1.82) is 0 Å². The molecule has 0 spiro atoms. The highest BCUT2D eigenvalue weighted by atomic mass is 14.9. The molecule has 0 amide bonds. The van der Waals surface area contributed by atoms with Crippen LogP contribution in [0.15, 0.2) is 12.2 Å². The fourth-order valence-corrected chi connectivity index (χ4v) is 1.59. The van der Waals surface area contributed by atoms with Crippen LogP contribution in [-0.4, -0.2) is 19.1 Å². The molecule has 2 heteroatoms. The Kier molecular flexibility index (Phi) is 3.60. The summed E-state index contributed by atoms with van der Waals surface area (Å²) in [5, 5.41) is 3.44. The van der Waals surface area contributed by atoms with Gasteiger partial charge in [0, 0.05) is 6.04 Å². The summed E-state index contributed by atoms with van der Waals surface area (Å²) in [5.74, 6) is 0. The van der Waals surface area contributed by atoms with Crippen LogP contribution in [-0.2, 0) is 0 Å². The van der Waals surface area contributed by atoms with Crippen LogP contribution < -0.4 is 11.1 Å². The van der Waals surface area contributed by atoms with Crippen LogP contribution >= 0.6 is 0 Å². The molecule has 0 saturated carbocycles. The van der Waals surface area contributed by atoms with E-state index in [1.807, 2.05) is 0 Å². The highest BCUT2D eigenvalue weighted by molar-refractivity contribution is 4.99. The molecule has 11 heavy (non-hydrogen) atoms. The van der Waals surface area contributed by atoms with Crippen molar-refractivity contribution in [1.82, 2.24) is 5.32 Å². The minimum absolute atomic E-state index is 0.689. The summed E-state index contributed by atoms with van der Waals surface area (Å²) in [6.45, 7) is 5.91. The lowest BCUT2D eigenvalue weighted by Crippen LogP contribution is -2.21. The van der Waals surface area contributed by atoms with E-state index < -0.39 is 0 Å². The smallest absolute Gasteiger partial charge is 0.0105 e. The number of nitrogens with one attached hydrogen (secondary N) is 1. The first-order chi connectivity index (χ1) is 5.33. The summed E-state index contributed by atoms with van der Waals surface area (Å²) in [4.78, 5) is 0. The minimum Gasteiger partial charge on any atom is -0.330 e. The Morgan fingerprint density at radius 3 is 3.00 bits per heavy atom. The third kappa shape index (κ3) is 3.04. The number of hydrogen-bond donors (Lipinski definition) is 2. The molecule has 1 atom stereocenters. The maximum absolute atomic E-state index is 5.42. The van der Waals surface area contributed by atoms with Gasteiger partial charge in [0.1, 0.15) is 0 Å². The van der Waals surface area contributed by atoms with Crippen LogP contribution in [0.2, 0.25) is 0 Å². The van der Waals surface area contributed by atoms with Gasteiger partial charge in [0.15, 0.2) is 0 Å². The molecule has 0 radical (unpaired) electrons. The largest absolute Gasteiger partial charge is 0.330 e. The molecular weight excluding hydrogens is 136 g/mol. The molecule has 0 aromatic heterocycles. The van der Waals surface area contributed by atoms with Crippen molar-refractivity contribution in [2.75, 3.05) is 13.1 Å². The van der Waals surface area contributed by atoms with Crippen molar-refractivity contribution in [3.63, 3.8) is 0 Å². The van der Waals surface area contributed by atoms with Crippen molar-refractivity contribution in [2.45, 2.75) is 31.7 Å². The van der Waals surface area contributed by atoms with E-state index in [9.17, 15) is 0 Å². The average molecular weight is 154 g/mol. The number of nitrogens with two attached hydrogens (primary N) is 1. The zero-order valence-electron chi connectivity index (χ0n) is 7.10. The SMILES string of the molecule is C=C(CCN)CC1CCCN1. The molecule has 1 unspecified atom stereocenters. The van der Waals surface area contributed by atoms with Crippen LogP contribution in [0.1, 0.15) is 25.7 Å². The monoisotopic (exact) mass is 154 g/mol. The van der Waals surface area contributed by atoms with E-state index in [1.165, 1.54) is 25.0 Å². The second-order valence-corrected chi connectivity index (χ2v) is 3.29. The quantitative estimate of drug-likeness (QED) is 0.594. The van der Waals surface area contributed by atoms with Crippen molar-refractivity contribution in [2.24, 2.45) is 5.73 Å². The van der Waals surface area contributed by atoms with Gasteiger partial charge in [-0.3, -0.25) is 0 Å². The molecule has 64 valence electrons. The molecule has 0 bridgehead atoms. The molecule has 1 heterocycles. The van der Waals surface area contributed by atoms with Gasteiger partial charge in [-0.2, -0.15) is 0 Å². The van der Waals surface area contributed by atoms with Crippen LogP contribution in [0.3, 0.4) is 0 Å². The van der Waals surface area contributed by atoms with Crippen molar-refractivity contribution < 1.29 is 0 Å². The lowest BCUT2D eigenvalue weighted by Gasteiger charge is -2.10. The van der Waals surface area contributed by atoms with Gasteiger partial charge < -0.3 is 11.1 Å². The summed E-state index contributed by atoms with van der Waals surface area (Å²) in [6, 6.07) is 0.689. The summed E-state index contributed by atoms with van der Waals surface area (Å²) in [6.07, 6.45) is 4.74. The fraction of sp³-hybridized carbons (Fsp3) is 0.778. The number of hydrogen-bond acceptors (Lipinski definition) is 2. The van der Waals surface area contributed by atoms with Crippen LogP contribution in [0, 0.1) is 0 Å². The van der Waals surface area contributed by atoms with Crippen LogP contribution in [0.4, 0.5) is 0 Å². The fourth-order valence-electron chi connectivity index (χ4n) is 1.59.